The summed E-state index contributed by atoms with van der Waals surface area (Å²) >= 11 is 1.82. The van der Waals surface area contributed by atoms with Crippen molar-refractivity contribution >= 4 is 11.3 Å². The molecule has 1 saturated carbocycles. The van der Waals surface area contributed by atoms with Gasteiger partial charge >= 0.3 is 0 Å². The standard InChI is InChI=1S/C18H23NOS/c20-16(14-7-2-1-3-8-14)13-19-18(15-9-4-5-10-15)17-11-6-12-21-17/h1-3,6-8,11-12,15-16,18-20H,4-5,9-10,13H2. The predicted molar refractivity (Wildman–Crippen MR) is 88.4 cm³/mol. The van der Waals surface area contributed by atoms with Crippen molar-refractivity contribution in [3.05, 3.63) is 58.3 Å². The minimum absolute atomic E-state index is 0.394. The lowest BCUT2D eigenvalue weighted by atomic mass is 9.96. The molecular formula is C18H23NOS. The third-order valence-electron chi connectivity index (χ3n) is 4.44. The van der Waals surface area contributed by atoms with Gasteiger partial charge in [0.1, 0.15) is 0 Å². The van der Waals surface area contributed by atoms with Gasteiger partial charge in [0.15, 0.2) is 0 Å². The molecule has 2 nitrogen and oxygen atoms in total. The van der Waals surface area contributed by atoms with Crippen molar-refractivity contribution in [1.29, 1.82) is 0 Å². The first kappa shape index (κ1) is 14.8. The van der Waals surface area contributed by atoms with Crippen LogP contribution in [0.3, 0.4) is 0 Å². The van der Waals surface area contributed by atoms with Gasteiger partial charge in [0.05, 0.1) is 6.10 Å². The van der Waals surface area contributed by atoms with E-state index in [1.807, 2.05) is 41.7 Å². The number of aliphatic hydroxyl groups is 1. The number of nitrogens with one attached hydrogen (secondary N) is 1. The summed E-state index contributed by atoms with van der Waals surface area (Å²) in [6, 6.07) is 14.7. The summed E-state index contributed by atoms with van der Waals surface area (Å²) in [5, 5.41) is 16.1. The Morgan fingerprint density at radius 3 is 2.52 bits per heavy atom. The first-order valence-corrected chi connectivity index (χ1v) is 8.72. The van der Waals surface area contributed by atoms with Crippen LogP contribution in [0.15, 0.2) is 47.8 Å². The second kappa shape index (κ2) is 7.21. The van der Waals surface area contributed by atoms with Crippen LogP contribution in [0.2, 0.25) is 0 Å². The molecule has 0 bridgehead atoms. The third-order valence-corrected chi connectivity index (χ3v) is 5.39. The zero-order chi connectivity index (χ0) is 14.5. The Kier molecular flexibility index (Phi) is 5.07. The van der Waals surface area contributed by atoms with Crippen LogP contribution in [0.25, 0.3) is 0 Å². The monoisotopic (exact) mass is 301 g/mol. The Bertz CT molecular complexity index is 519. The average Bonchev–Trinajstić information content (AvgIpc) is 3.22. The van der Waals surface area contributed by atoms with Crippen molar-refractivity contribution in [1.82, 2.24) is 5.32 Å². The maximum absolute atomic E-state index is 10.4. The van der Waals surface area contributed by atoms with E-state index in [4.69, 9.17) is 0 Å². The van der Waals surface area contributed by atoms with E-state index in [1.54, 1.807) is 0 Å². The van der Waals surface area contributed by atoms with Crippen molar-refractivity contribution in [3.63, 3.8) is 0 Å². The molecule has 3 heteroatoms. The fourth-order valence-electron chi connectivity index (χ4n) is 3.29. The summed E-state index contributed by atoms with van der Waals surface area (Å²) in [6.45, 7) is 0.614. The molecule has 0 radical (unpaired) electrons. The van der Waals surface area contributed by atoms with Gasteiger partial charge in [-0.1, -0.05) is 49.2 Å². The fraction of sp³-hybridized carbons (Fsp3) is 0.444. The normalized spacial score (nSPS) is 18.7. The first-order valence-electron chi connectivity index (χ1n) is 7.84. The summed E-state index contributed by atoms with van der Waals surface area (Å²) in [7, 11) is 0. The first-order chi connectivity index (χ1) is 10.3. The zero-order valence-electron chi connectivity index (χ0n) is 12.2. The van der Waals surface area contributed by atoms with Crippen molar-refractivity contribution in [2.45, 2.75) is 37.8 Å². The zero-order valence-corrected chi connectivity index (χ0v) is 13.1. The lowest BCUT2D eigenvalue weighted by molar-refractivity contribution is 0.164. The average molecular weight is 301 g/mol. The van der Waals surface area contributed by atoms with Crippen LogP contribution in [0, 0.1) is 5.92 Å². The topological polar surface area (TPSA) is 32.3 Å². The molecule has 1 heterocycles. The Morgan fingerprint density at radius 1 is 1.10 bits per heavy atom. The second-order valence-corrected chi connectivity index (χ2v) is 6.85. The number of thiophene rings is 1. The molecule has 0 saturated heterocycles. The number of hydrogen-bond donors (Lipinski definition) is 2. The van der Waals surface area contributed by atoms with E-state index in [0.717, 1.165) is 5.56 Å². The molecule has 0 amide bonds. The van der Waals surface area contributed by atoms with E-state index in [9.17, 15) is 5.11 Å². The highest BCUT2D eigenvalue weighted by Gasteiger charge is 2.27. The molecule has 1 aromatic heterocycles. The fourth-order valence-corrected chi connectivity index (χ4v) is 4.18. The van der Waals surface area contributed by atoms with Gasteiger partial charge in [-0.2, -0.15) is 0 Å². The highest BCUT2D eigenvalue weighted by atomic mass is 32.1. The van der Waals surface area contributed by atoms with Gasteiger partial charge in [0.2, 0.25) is 0 Å². The maximum Gasteiger partial charge on any atom is 0.0914 e. The summed E-state index contributed by atoms with van der Waals surface area (Å²) in [4.78, 5) is 1.40. The molecule has 1 aromatic carbocycles. The number of hydrogen-bond acceptors (Lipinski definition) is 3. The van der Waals surface area contributed by atoms with Gasteiger partial charge < -0.3 is 10.4 Å². The van der Waals surface area contributed by atoms with Gasteiger partial charge in [-0.05, 0) is 35.8 Å². The van der Waals surface area contributed by atoms with Gasteiger partial charge in [0.25, 0.3) is 0 Å². The van der Waals surface area contributed by atoms with E-state index in [-0.39, 0.29) is 0 Å². The molecule has 2 aromatic rings. The van der Waals surface area contributed by atoms with Gasteiger partial charge in [-0.3, -0.25) is 0 Å². The van der Waals surface area contributed by atoms with Crippen LogP contribution in [0.1, 0.15) is 48.3 Å². The van der Waals surface area contributed by atoms with Crippen LogP contribution in [-0.2, 0) is 0 Å². The van der Waals surface area contributed by atoms with Crippen molar-refractivity contribution in [2.24, 2.45) is 5.92 Å². The van der Waals surface area contributed by atoms with E-state index < -0.39 is 6.10 Å². The van der Waals surface area contributed by atoms with Crippen LogP contribution < -0.4 is 5.32 Å². The summed E-state index contributed by atoms with van der Waals surface area (Å²) in [6.07, 6.45) is 4.86. The van der Waals surface area contributed by atoms with Crippen LogP contribution in [0.5, 0.6) is 0 Å². The molecule has 0 aliphatic heterocycles. The number of benzene rings is 1. The molecule has 1 aliphatic carbocycles. The Hall–Kier alpha value is -1.16. The third kappa shape index (κ3) is 3.73. The predicted octanol–water partition coefficient (Wildman–Crippen LogP) is 4.30. The van der Waals surface area contributed by atoms with E-state index in [2.05, 4.69) is 22.8 Å². The molecule has 112 valence electrons. The van der Waals surface area contributed by atoms with Crippen molar-refractivity contribution in [3.8, 4) is 0 Å². The van der Waals surface area contributed by atoms with Crippen LogP contribution >= 0.6 is 11.3 Å². The number of rotatable bonds is 6. The Labute approximate surface area is 130 Å². The largest absolute Gasteiger partial charge is 0.387 e. The van der Waals surface area contributed by atoms with E-state index in [1.165, 1.54) is 30.6 Å². The Morgan fingerprint density at radius 2 is 1.86 bits per heavy atom. The lowest BCUT2D eigenvalue weighted by Gasteiger charge is -2.25. The minimum Gasteiger partial charge on any atom is -0.387 e. The minimum atomic E-state index is -0.435. The quantitative estimate of drug-likeness (QED) is 0.833. The van der Waals surface area contributed by atoms with Crippen LogP contribution in [0.4, 0.5) is 0 Å². The van der Waals surface area contributed by atoms with Crippen molar-refractivity contribution in [2.75, 3.05) is 6.54 Å². The molecular weight excluding hydrogens is 278 g/mol. The summed E-state index contributed by atoms with van der Waals surface area (Å²) < 4.78 is 0. The van der Waals surface area contributed by atoms with Gasteiger partial charge in [0, 0.05) is 17.5 Å². The molecule has 1 fully saturated rings. The van der Waals surface area contributed by atoms with Crippen LogP contribution in [-0.4, -0.2) is 11.7 Å². The smallest absolute Gasteiger partial charge is 0.0914 e. The number of aliphatic hydroxyl groups excluding tert-OH is 1. The SMILES string of the molecule is OC(CNC(c1cccs1)C1CCCC1)c1ccccc1. The molecule has 21 heavy (non-hydrogen) atoms. The molecule has 2 atom stereocenters. The molecule has 2 unspecified atom stereocenters. The highest BCUT2D eigenvalue weighted by molar-refractivity contribution is 7.10. The second-order valence-electron chi connectivity index (χ2n) is 5.87. The molecule has 0 spiro atoms. The highest BCUT2D eigenvalue weighted by Crippen LogP contribution is 2.37. The molecule has 3 rings (SSSR count). The van der Waals surface area contributed by atoms with Gasteiger partial charge in [-0.25, -0.2) is 0 Å². The summed E-state index contributed by atoms with van der Waals surface area (Å²) in [5.41, 5.74) is 0.987. The van der Waals surface area contributed by atoms with E-state index >= 15 is 0 Å². The van der Waals surface area contributed by atoms with E-state index in [0.29, 0.717) is 18.5 Å². The van der Waals surface area contributed by atoms with Gasteiger partial charge in [-0.15, -0.1) is 11.3 Å². The molecule has 1 aliphatic rings. The Balaban J connectivity index is 1.65. The lowest BCUT2D eigenvalue weighted by Crippen LogP contribution is -2.30. The maximum atomic E-state index is 10.4. The summed E-state index contributed by atoms with van der Waals surface area (Å²) in [5.74, 6) is 0.714. The molecule has 2 N–H and O–H groups in total. The van der Waals surface area contributed by atoms with Crippen molar-refractivity contribution < 1.29 is 5.11 Å².